The van der Waals surface area contributed by atoms with Crippen molar-refractivity contribution in [1.29, 1.82) is 0 Å². The number of aryl methyl sites for hydroxylation is 1. The van der Waals surface area contributed by atoms with Crippen LogP contribution >= 0.6 is 22.7 Å². The second-order valence-corrected chi connectivity index (χ2v) is 11.7. The molecular formula is C25H34N10O2S2. The average Bonchev–Trinajstić information content (AvgIpc) is 3.76. The van der Waals surface area contributed by atoms with E-state index in [1.807, 2.05) is 19.3 Å². The number of H-pyrrole nitrogens is 2. The summed E-state index contributed by atoms with van der Waals surface area (Å²) in [7, 11) is 5.64. The minimum atomic E-state index is -0.419. The maximum Gasteiger partial charge on any atom is 0.356 e. The van der Waals surface area contributed by atoms with Gasteiger partial charge >= 0.3 is 5.97 Å². The fourth-order valence-corrected chi connectivity index (χ4v) is 6.07. The minimum absolute atomic E-state index is 0.349. The van der Waals surface area contributed by atoms with Gasteiger partial charge in [0.05, 0.1) is 35.5 Å². The van der Waals surface area contributed by atoms with Gasteiger partial charge in [-0.1, -0.05) is 22.7 Å². The van der Waals surface area contributed by atoms with Gasteiger partial charge < -0.3 is 34.3 Å². The van der Waals surface area contributed by atoms with Gasteiger partial charge in [0, 0.05) is 64.2 Å². The lowest BCUT2D eigenvalue weighted by Crippen LogP contribution is -2.44. The van der Waals surface area contributed by atoms with Crippen LogP contribution in [-0.4, -0.2) is 119 Å². The molecule has 0 bridgehead atoms. The van der Waals surface area contributed by atoms with Crippen LogP contribution in [0.3, 0.4) is 0 Å². The van der Waals surface area contributed by atoms with Crippen molar-refractivity contribution in [2.75, 3.05) is 83.4 Å². The summed E-state index contributed by atoms with van der Waals surface area (Å²) >= 11 is 3.29. The van der Waals surface area contributed by atoms with Crippen molar-refractivity contribution in [2.45, 2.75) is 6.92 Å². The topological polar surface area (TPSA) is 122 Å². The predicted molar refractivity (Wildman–Crippen MR) is 155 cm³/mol. The number of piperazine rings is 2. The average molecular weight is 571 g/mol. The maximum absolute atomic E-state index is 11.4. The molecule has 2 aliphatic heterocycles. The number of ether oxygens (including phenoxy) is 1. The summed E-state index contributed by atoms with van der Waals surface area (Å²) in [4.78, 5) is 46.5. The number of hydrogen-bond donors (Lipinski definition) is 2. The third kappa shape index (κ3) is 6.64. The number of carbonyl (C=O) groups is 1. The Balaban J connectivity index is 0.000000160. The van der Waals surface area contributed by atoms with Crippen molar-refractivity contribution in [3.8, 4) is 21.4 Å². The number of aromatic amines is 2. The number of thiazole rings is 2. The highest BCUT2D eigenvalue weighted by atomic mass is 32.1. The normalized spacial score (nSPS) is 16.7. The lowest BCUT2D eigenvalue weighted by molar-refractivity contribution is 0.0594. The van der Waals surface area contributed by atoms with Crippen LogP contribution in [0.5, 0.6) is 0 Å². The van der Waals surface area contributed by atoms with Crippen molar-refractivity contribution in [2.24, 2.45) is 0 Å². The van der Waals surface area contributed by atoms with Gasteiger partial charge in [0.25, 0.3) is 0 Å². The van der Waals surface area contributed by atoms with Crippen molar-refractivity contribution >= 4 is 38.9 Å². The van der Waals surface area contributed by atoms with E-state index in [0.717, 1.165) is 83.9 Å². The standard InChI is InChI=1S/C13H17N5O2S.C12H17N5S/c1-17-3-5-18(6-4-17)13-15-8-10(21-13)11-14-7-9(16-11)12(19)20-2;1-9-7-13-11(15-9)10-8-14-12(18-10)17-5-3-16(2)4-6-17/h7-8H,3-6H2,1-2H3,(H,14,16);7-8H,3-6H2,1-2H3,(H,13,15). The first-order valence-electron chi connectivity index (χ1n) is 12.8. The van der Waals surface area contributed by atoms with Gasteiger partial charge in [-0.3, -0.25) is 0 Å². The van der Waals surface area contributed by atoms with E-state index in [9.17, 15) is 4.79 Å². The molecule has 14 heteroatoms. The van der Waals surface area contributed by atoms with E-state index in [0.29, 0.717) is 11.5 Å². The quantitative estimate of drug-likeness (QED) is 0.346. The second-order valence-electron chi connectivity index (χ2n) is 9.65. The van der Waals surface area contributed by atoms with E-state index in [1.54, 1.807) is 28.9 Å². The Hall–Kier alpha value is -3.33. The van der Waals surface area contributed by atoms with Crippen molar-refractivity contribution in [3.05, 3.63) is 36.2 Å². The predicted octanol–water partition coefficient (Wildman–Crippen LogP) is 2.67. The number of imidazole rings is 2. The molecule has 4 aromatic rings. The molecule has 4 aromatic heterocycles. The van der Waals surface area contributed by atoms with Crippen LogP contribution in [0.25, 0.3) is 21.4 Å². The highest BCUT2D eigenvalue weighted by Crippen LogP contribution is 2.31. The molecule has 6 heterocycles. The highest BCUT2D eigenvalue weighted by molar-refractivity contribution is 7.19. The Labute approximate surface area is 235 Å². The van der Waals surface area contributed by atoms with Crippen LogP contribution in [0.2, 0.25) is 0 Å². The zero-order valence-electron chi connectivity index (χ0n) is 22.7. The summed E-state index contributed by atoms with van der Waals surface area (Å²) in [5, 5.41) is 2.10. The SMILES string of the molecule is COC(=O)c1cnc(-c2cnc(N3CCN(C)CC3)s2)[nH]1.Cc1cnc(-c2cnc(N3CCN(C)CC3)s2)[nH]1. The molecule has 12 nitrogen and oxygen atoms in total. The molecule has 0 aliphatic carbocycles. The monoisotopic (exact) mass is 570 g/mol. The van der Waals surface area contributed by atoms with Gasteiger partial charge in [0.1, 0.15) is 17.3 Å². The van der Waals surface area contributed by atoms with Crippen LogP contribution in [0.4, 0.5) is 10.3 Å². The molecule has 2 N–H and O–H groups in total. The third-order valence-corrected chi connectivity index (χ3v) is 8.82. The molecule has 0 spiro atoms. The number of esters is 1. The molecule has 0 amide bonds. The Bertz CT molecular complexity index is 1360. The van der Waals surface area contributed by atoms with Gasteiger partial charge in [-0.15, -0.1) is 0 Å². The molecule has 39 heavy (non-hydrogen) atoms. The van der Waals surface area contributed by atoms with E-state index in [1.165, 1.54) is 13.3 Å². The Morgan fingerprint density at radius 2 is 1.23 bits per heavy atom. The van der Waals surface area contributed by atoms with E-state index in [4.69, 9.17) is 0 Å². The molecule has 0 atom stereocenters. The summed E-state index contributed by atoms with van der Waals surface area (Å²) in [6, 6.07) is 0. The molecule has 2 saturated heterocycles. The number of aromatic nitrogens is 6. The number of carbonyl (C=O) groups excluding carboxylic acids is 1. The van der Waals surface area contributed by atoms with Gasteiger partial charge in [-0.05, 0) is 21.0 Å². The highest BCUT2D eigenvalue weighted by Gasteiger charge is 2.20. The molecule has 2 fully saturated rings. The largest absolute Gasteiger partial charge is 0.464 e. The first kappa shape index (κ1) is 27.2. The molecule has 0 saturated carbocycles. The van der Waals surface area contributed by atoms with E-state index < -0.39 is 5.97 Å². The van der Waals surface area contributed by atoms with Gasteiger partial charge in [-0.2, -0.15) is 0 Å². The van der Waals surface area contributed by atoms with Crippen molar-refractivity contribution < 1.29 is 9.53 Å². The second kappa shape index (κ2) is 12.2. The first-order chi connectivity index (χ1) is 18.9. The first-order valence-corrected chi connectivity index (χ1v) is 14.5. The van der Waals surface area contributed by atoms with Crippen LogP contribution < -0.4 is 9.80 Å². The summed E-state index contributed by atoms with van der Waals surface area (Å²) in [5.74, 6) is 1.15. The molecule has 208 valence electrons. The Morgan fingerprint density at radius 1 is 0.744 bits per heavy atom. The third-order valence-electron chi connectivity index (χ3n) is 6.69. The molecule has 0 radical (unpaired) electrons. The van der Waals surface area contributed by atoms with Crippen molar-refractivity contribution in [3.63, 3.8) is 0 Å². The summed E-state index contributed by atoms with van der Waals surface area (Å²) < 4.78 is 4.66. The molecule has 6 rings (SSSR count). The van der Waals surface area contributed by atoms with Gasteiger partial charge in [-0.25, -0.2) is 24.7 Å². The molecular weight excluding hydrogens is 536 g/mol. The van der Waals surface area contributed by atoms with E-state index >= 15 is 0 Å². The van der Waals surface area contributed by atoms with Crippen LogP contribution in [0.1, 0.15) is 16.2 Å². The molecule has 2 aliphatic rings. The summed E-state index contributed by atoms with van der Waals surface area (Å²) in [6.07, 6.45) is 7.04. The number of nitrogens with zero attached hydrogens (tertiary/aromatic N) is 8. The zero-order valence-corrected chi connectivity index (χ0v) is 24.3. The number of likely N-dealkylation sites (N-methyl/N-ethyl adjacent to an activating group) is 2. The number of anilines is 2. The zero-order chi connectivity index (χ0) is 27.4. The van der Waals surface area contributed by atoms with Crippen molar-refractivity contribution in [1.82, 2.24) is 39.7 Å². The number of methoxy groups -OCH3 is 1. The Morgan fingerprint density at radius 3 is 1.69 bits per heavy atom. The maximum atomic E-state index is 11.4. The van der Waals surface area contributed by atoms with E-state index in [2.05, 4.69) is 68.3 Å². The van der Waals surface area contributed by atoms with Crippen LogP contribution in [-0.2, 0) is 4.74 Å². The van der Waals surface area contributed by atoms with Crippen LogP contribution in [0.15, 0.2) is 24.8 Å². The lowest BCUT2D eigenvalue weighted by Gasteiger charge is -2.32. The summed E-state index contributed by atoms with van der Waals surface area (Å²) in [6.45, 7) is 10.4. The van der Waals surface area contributed by atoms with Gasteiger partial charge in [0.2, 0.25) is 0 Å². The number of rotatable bonds is 5. The van der Waals surface area contributed by atoms with Gasteiger partial charge in [0.15, 0.2) is 10.3 Å². The summed E-state index contributed by atoms with van der Waals surface area (Å²) in [5.41, 5.74) is 1.43. The van der Waals surface area contributed by atoms with Crippen LogP contribution in [0, 0.1) is 6.92 Å². The lowest BCUT2D eigenvalue weighted by atomic mass is 10.3. The Kier molecular flexibility index (Phi) is 8.55. The number of nitrogens with one attached hydrogen (secondary N) is 2. The number of hydrogen-bond acceptors (Lipinski definition) is 12. The smallest absolute Gasteiger partial charge is 0.356 e. The fourth-order valence-electron chi connectivity index (χ4n) is 4.23. The van der Waals surface area contributed by atoms with E-state index in [-0.39, 0.29) is 0 Å². The molecule has 0 unspecified atom stereocenters. The molecule has 0 aromatic carbocycles. The minimum Gasteiger partial charge on any atom is -0.464 e. The fraction of sp³-hybridized carbons (Fsp3) is 0.480.